The van der Waals surface area contributed by atoms with Crippen molar-refractivity contribution in [2.45, 2.75) is 32.1 Å². The zero-order chi connectivity index (χ0) is 46.8. The second kappa shape index (κ2) is 16.9. The van der Waals surface area contributed by atoms with E-state index >= 15 is 0 Å². The van der Waals surface area contributed by atoms with Crippen LogP contribution in [0.3, 0.4) is 0 Å². The Morgan fingerprint density at radius 1 is 0.443 bits per heavy atom. The first kappa shape index (κ1) is 41.7. The summed E-state index contributed by atoms with van der Waals surface area (Å²) in [5.41, 5.74) is 18.3. The molecule has 332 valence electrons. The molecule has 13 rings (SSSR count). The summed E-state index contributed by atoms with van der Waals surface area (Å²) >= 11 is 0. The smallest absolute Gasteiger partial charge is 0.0677 e. The van der Waals surface area contributed by atoms with Crippen molar-refractivity contribution in [1.82, 2.24) is 0 Å². The third kappa shape index (κ3) is 6.61. The molecule has 1 nitrogen and oxygen atoms in total. The van der Waals surface area contributed by atoms with Gasteiger partial charge >= 0.3 is 0 Å². The van der Waals surface area contributed by atoms with Gasteiger partial charge in [-0.05, 0) is 180 Å². The minimum atomic E-state index is -0.431. The van der Waals surface area contributed by atoms with Gasteiger partial charge in [-0.25, -0.2) is 0 Å². The molecule has 70 heavy (non-hydrogen) atoms. The Balaban J connectivity index is 0.971. The lowest BCUT2D eigenvalue weighted by molar-refractivity contribution is 0.693. The van der Waals surface area contributed by atoms with Crippen LogP contribution in [0, 0.1) is 6.92 Å². The first-order valence-corrected chi connectivity index (χ1v) is 24.7. The minimum Gasteiger partial charge on any atom is -0.310 e. The summed E-state index contributed by atoms with van der Waals surface area (Å²) in [5.74, 6) is 0. The molecule has 0 bridgehead atoms. The maximum atomic E-state index is 2.50. The van der Waals surface area contributed by atoms with Gasteiger partial charge in [0.15, 0.2) is 0 Å². The SMILES string of the molecule is C/C=C\c1c(C)ccc2ccc(-c3ccc(N(c4ccc(-c5ccc6c7ccccc7c7ccccc7c6c5)cc4)c4ccc5c(c4)C(C4=CC=CCC4)(c4ccccc4)c4ccccc4-5)cc3)cc12. The lowest BCUT2D eigenvalue weighted by atomic mass is 9.65. The summed E-state index contributed by atoms with van der Waals surface area (Å²) in [5, 5.41) is 10.3. The number of rotatable bonds is 8. The van der Waals surface area contributed by atoms with Crippen LogP contribution in [0.15, 0.2) is 248 Å². The number of nitrogens with zero attached hydrogens (tertiary/aromatic N) is 1. The molecule has 0 fully saturated rings. The molecule has 0 aliphatic heterocycles. The number of benzene rings is 11. The van der Waals surface area contributed by atoms with Crippen molar-refractivity contribution in [3.8, 4) is 33.4 Å². The topological polar surface area (TPSA) is 3.24 Å². The van der Waals surface area contributed by atoms with E-state index in [0.717, 1.165) is 29.9 Å². The van der Waals surface area contributed by atoms with E-state index in [2.05, 4.69) is 268 Å². The molecule has 0 N–H and O–H groups in total. The molecule has 0 spiro atoms. The molecule has 0 radical (unpaired) electrons. The highest BCUT2D eigenvalue weighted by atomic mass is 15.1. The van der Waals surface area contributed by atoms with Crippen molar-refractivity contribution in [3.63, 3.8) is 0 Å². The molecular formula is C69H51N. The van der Waals surface area contributed by atoms with Crippen molar-refractivity contribution in [3.05, 3.63) is 276 Å². The Labute approximate surface area is 410 Å². The molecule has 2 aliphatic carbocycles. The van der Waals surface area contributed by atoms with Gasteiger partial charge in [0.2, 0.25) is 0 Å². The van der Waals surface area contributed by atoms with Crippen LogP contribution < -0.4 is 4.90 Å². The molecule has 0 saturated heterocycles. The average molecular weight is 894 g/mol. The molecule has 11 aromatic carbocycles. The maximum Gasteiger partial charge on any atom is 0.0677 e. The Morgan fingerprint density at radius 3 is 1.64 bits per heavy atom. The number of fused-ring (bicyclic) bond motifs is 10. The first-order chi connectivity index (χ1) is 34.6. The largest absolute Gasteiger partial charge is 0.310 e. The highest BCUT2D eigenvalue weighted by Crippen LogP contribution is 2.58. The lowest BCUT2D eigenvalue weighted by Gasteiger charge is -2.37. The van der Waals surface area contributed by atoms with Crippen LogP contribution in [-0.4, -0.2) is 0 Å². The molecule has 1 unspecified atom stereocenters. The van der Waals surface area contributed by atoms with E-state index in [1.807, 2.05) is 0 Å². The quantitative estimate of drug-likeness (QED) is 0.137. The fourth-order valence-corrected chi connectivity index (χ4v) is 12.0. The minimum absolute atomic E-state index is 0.431. The molecule has 2 aliphatic rings. The molecular weight excluding hydrogens is 843 g/mol. The van der Waals surface area contributed by atoms with Crippen LogP contribution in [0.4, 0.5) is 17.1 Å². The Kier molecular flexibility index (Phi) is 10.1. The Hall–Kier alpha value is -8.52. The summed E-state index contributed by atoms with van der Waals surface area (Å²) in [6.45, 7) is 4.30. The van der Waals surface area contributed by atoms with E-state index < -0.39 is 5.41 Å². The van der Waals surface area contributed by atoms with Gasteiger partial charge in [-0.3, -0.25) is 0 Å². The number of hydrogen-bond acceptors (Lipinski definition) is 1. The van der Waals surface area contributed by atoms with Crippen molar-refractivity contribution in [1.29, 1.82) is 0 Å². The normalized spacial score (nSPS) is 15.2. The first-order valence-electron chi connectivity index (χ1n) is 24.7. The van der Waals surface area contributed by atoms with Gasteiger partial charge in [0.25, 0.3) is 0 Å². The van der Waals surface area contributed by atoms with Gasteiger partial charge in [-0.15, -0.1) is 0 Å². The fraction of sp³-hybridized carbons (Fsp3) is 0.0725. The van der Waals surface area contributed by atoms with Crippen molar-refractivity contribution in [2.75, 3.05) is 4.90 Å². The number of hydrogen-bond donors (Lipinski definition) is 0. The molecule has 11 aromatic rings. The van der Waals surface area contributed by atoms with Crippen LogP contribution in [0.1, 0.15) is 47.6 Å². The van der Waals surface area contributed by atoms with Crippen molar-refractivity contribution >= 4 is 66.2 Å². The van der Waals surface area contributed by atoms with Crippen LogP contribution in [-0.2, 0) is 5.41 Å². The number of aryl methyl sites for hydroxylation is 1. The lowest BCUT2D eigenvalue weighted by Crippen LogP contribution is -2.30. The predicted octanol–water partition coefficient (Wildman–Crippen LogP) is 19.0. The van der Waals surface area contributed by atoms with Crippen molar-refractivity contribution < 1.29 is 0 Å². The average Bonchev–Trinajstić information content (AvgIpc) is 3.73. The van der Waals surface area contributed by atoms with Gasteiger partial charge in [-0.1, -0.05) is 206 Å². The summed E-state index contributed by atoms with van der Waals surface area (Å²) < 4.78 is 0. The summed E-state index contributed by atoms with van der Waals surface area (Å²) in [4.78, 5) is 2.45. The molecule has 0 heterocycles. The number of allylic oxidation sites excluding steroid dienone is 5. The third-order valence-electron chi connectivity index (χ3n) is 15.3. The van der Waals surface area contributed by atoms with Gasteiger partial charge in [0.1, 0.15) is 0 Å². The standard InChI is InChI=1S/C69H51N/c1-3-16-57-46(2)27-28-49-29-30-50(43-65(49)57)47-31-36-54(37-32-47)70(55-38-33-48(34-39-55)51-35-41-62-60-23-11-10-21-58(60)59-22-12-13-24-61(59)66(62)44-51)56-40-42-64-63-25-14-15-26-67(63)69(68(64)45-56,52-17-6-4-7-18-52)53-19-8-5-9-20-53/h3-8,10-19,21-45H,9,20H2,1-2H3/b16-3-. The number of anilines is 3. The Bertz CT molecular complexity index is 3910. The zero-order valence-corrected chi connectivity index (χ0v) is 39.5. The highest BCUT2D eigenvalue weighted by Gasteiger charge is 2.47. The third-order valence-corrected chi connectivity index (χ3v) is 15.3. The maximum absolute atomic E-state index is 2.50. The second-order valence-electron chi connectivity index (χ2n) is 19.1. The second-order valence-corrected chi connectivity index (χ2v) is 19.1. The summed E-state index contributed by atoms with van der Waals surface area (Å²) in [6.07, 6.45) is 13.4. The molecule has 0 saturated carbocycles. The van der Waals surface area contributed by atoms with Crippen LogP contribution in [0.2, 0.25) is 0 Å². The van der Waals surface area contributed by atoms with Crippen LogP contribution >= 0.6 is 0 Å². The van der Waals surface area contributed by atoms with Crippen LogP contribution in [0.25, 0.3) is 82.5 Å². The van der Waals surface area contributed by atoms with Gasteiger partial charge < -0.3 is 4.90 Å². The van der Waals surface area contributed by atoms with E-state index in [-0.39, 0.29) is 0 Å². The van der Waals surface area contributed by atoms with E-state index in [4.69, 9.17) is 0 Å². The fourth-order valence-electron chi connectivity index (χ4n) is 12.0. The Morgan fingerprint density at radius 2 is 0.986 bits per heavy atom. The van der Waals surface area contributed by atoms with Crippen LogP contribution in [0.5, 0.6) is 0 Å². The highest BCUT2D eigenvalue weighted by molar-refractivity contribution is 6.25. The van der Waals surface area contributed by atoms with E-state index in [0.29, 0.717) is 0 Å². The summed E-state index contributed by atoms with van der Waals surface area (Å²) in [7, 11) is 0. The predicted molar refractivity (Wildman–Crippen MR) is 300 cm³/mol. The zero-order valence-electron chi connectivity index (χ0n) is 39.5. The molecule has 0 amide bonds. The molecule has 0 aromatic heterocycles. The van der Waals surface area contributed by atoms with E-state index in [9.17, 15) is 0 Å². The molecule has 1 atom stereocenters. The monoisotopic (exact) mass is 893 g/mol. The van der Waals surface area contributed by atoms with E-state index in [1.54, 1.807) is 0 Å². The summed E-state index contributed by atoms with van der Waals surface area (Å²) in [6, 6.07) is 81.9. The van der Waals surface area contributed by atoms with Gasteiger partial charge in [-0.2, -0.15) is 0 Å². The molecule has 1 heteroatoms. The van der Waals surface area contributed by atoms with E-state index in [1.165, 1.54) is 110 Å². The van der Waals surface area contributed by atoms with Gasteiger partial charge in [0, 0.05) is 17.1 Å². The van der Waals surface area contributed by atoms with Gasteiger partial charge in [0.05, 0.1) is 5.41 Å². The van der Waals surface area contributed by atoms with Crippen molar-refractivity contribution in [2.24, 2.45) is 0 Å².